The molecular formula is C13H20O2. The third-order valence-electron chi connectivity index (χ3n) is 2.73. The first-order valence-electron chi connectivity index (χ1n) is 5.57. The van der Waals surface area contributed by atoms with Gasteiger partial charge in [-0.2, -0.15) is 0 Å². The van der Waals surface area contributed by atoms with E-state index in [-0.39, 0.29) is 6.61 Å². The molecule has 15 heavy (non-hydrogen) atoms. The van der Waals surface area contributed by atoms with E-state index in [9.17, 15) is 5.11 Å². The summed E-state index contributed by atoms with van der Waals surface area (Å²) in [6, 6.07) is 10.1. The van der Waals surface area contributed by atoms with Gasteiger partial charge in [0.25, 0.3) is 0 Å². The van der Waals surface area contributed by atoms with Gasteiger partial charge in [-0.3, -0.25) is 0 Å². The van der Waals surface area contributed by atoms with Crippen LogP contribution in [0.25, 0.3) is 0 Å². The number of benzene rings is 1. The number of rotatable bonds is 6. The molecule has 2 heteroatoms. The predicted molar refractivity (Wildman–Crippen MR) is 61.7 cm³/mol. The Morgan fingerprint density at radius 3 is 2.33 bits per heavy atom. The Hall–Kier alpha value is -0.860. The van der Waals surface area contributed by atoms with Gasteiger partial charge in [0.2, 0.25) is 0 Å². The Kier molecular flexibility index (Phi) is 4.79. The lowest BCUT2D eigenvalue weighted by atomic mass is 9.91. The lowest BCUT2D eigenvalue weighted by Crippen LogP contribution is -2.33. The van der Waals surface area contributed by atoms with E-state index in [2.05, 4.69) is 0 Å². The fourth-order valence-electron chi connectivity index (χ4n) is 1.77. The van der Waals surface area contributed by atoms with Crippen LogP contribution in [0.15, 0.2) is 30.3 Å². The largest absolute Gasteiger partial charge is 0.393 e. The molecule has 84 valence electrons. The van der Waals surface area contributed by atoms with Gasteiger partial charge < -0.3 is 10.2 Å². The first kappa shape index (κ1) is 12.2. The quantitative estimate of drug-likeness (QED) is 0.752. The second-order valence-electron chi connectivity index (χ2n) is 4.12. The zero-order chi connectivity index (χ0) is 11.1. The average molecular weight is 208 g/mol. The van der Waals surface area contributed by atoms with Gasteiger partial charge >= 0.3 is 0 Å². The van der Waals surface area contributed by atoms with E-state index in [4.69, 9.17) is 5.11 Å². The summed E-state index contributed by atoms with van der Waals surface area (Å²) >= 11 is 0. The predicted octanol–water partition coefficient (Wildman–Crippen LogP) is 2.14. The van der Waals surface area contributed by atoms with Gasteiger partial charge in [-0.15, -0.1) is 0 Å². The number of aliphatic hydroxyl groups excluding tert-OH is 1. The van der Waals surface area contributed by atoms with Crippen LogP contribution in [0.5, 0.6) is 0 Å². The highest BCUT2D eigenvalue weighted by Crippen LogP contribution is 2.19. The van der Waals surface area contributed by atoms with Gasteiger partial charge in [0.15, 0.2) is 0 Å². The van der Waals surface area contributed by atoms with Crippen LogP contribution in [0.3, 0.4) is 0 Å². The molecule has 0 saturated heterocycles. The van der Waals surface area contributed by atoms with Gasteiger partial charge in [-0.05, 0) is 24.8 Å². The lowest BCUT2D eigenvalue weighted by molar-refractivity contribution is -0.0281. The van der Waals surface area contributed by atoms with Crippen molar-refractivity contribution in [3.05, 3.63) is 35.9 Å². The first-order valence-corrected chi connectivity index (χ1v) is 5.57. The van der Waals surface area contributed by atoms with Crippen LogP contribution in [0.4, 0.5) is 0 Å². The SMILES string of the molecule is CCC[C@](O)(CO)CCc1ccccc1. The van der Waals surface area contributed by atoms with Gasteiger partial charge in [0, 0.05) is 0 Å². The standard InChI is InChI=1S/C13H20O2/c1-2-9-13(15,11-14)10-8-12-6-4-3-5-7-12/h3-7,14-15H,2,8-11H2,1H3/t13-/m1/s1. The van der Waals surface area contributed by atoms with Crippen molar-refractivity contribution in [3.63, 3.8) is 0 Å². The van der Waals surface area contributed by atoms with E-state index in [1.165, 1.54) is 5.56 Å². The molecule has 1 aromatic rings. The molecule has 1 rings (SSSR count). The Balaban J connectivity index is 2.47. The van der Waals surface area contributed by atoms with Crippen molar-refractivity contribution in [2.45, 2.75) is 38.2 Å². The van der Waals surface area contributed by atoms with Crippen LogP contribution in [-0.4, -0.2) is 22.4 Å². The highest BCUT2D eigenvalue weighted by atomic mass is 16.3. The summed E-state index contributed by atoms with van der Waals surface area (Å²) < 4.78 is 0. The Labute approximate surface area is 91.6 Å². The van der Waals surface area contributed by atoms with Gasteiger partial charge in [0.1, 0.15) is 0 Å². The second kappa shape index (κ2) is 5.89. The Morgan fingerprint density at radius 2 is 1.80 bits per heavy atom. The fourth-order valence-corrected chi connectivity index (χ4v) is 1.77. The molecule has 0 bridgehead atoms. The molecule has 0 aliphatic rings. The van der Waals surface area contributed by atoms with Gasteiger partial charge in [-0.25, -0.2) is 0 Å². The summed E-state index contributed by atoms with van der Waals surface area (Å²) in [4.78, 5) is 0. The molecule has 0 unspecified atom stereocenters. The normalized spacial score (nSPS) is 14.9. The molecule has 2 nitrogen and oxygen atoms in total. The molecule has 0 aliphatic carbocycles. The summed E-state index contributed by atoms with van der Waals surface area (Å²) in [5.74, 6) is 0. The third-order valence-corrected chi connectivity index (χ3v) is 2.73. The molecule has 0 aliphatic heterocycles. The molecule has 0 radical (unpaired) electrons. The van der Waals surface area contributed by atoms with Crippen molar-refractivity contribution in [3.8, 4) is 0 Å². The van der Waals surface area contributed by atoms with Crippen molar-refractivity contribution in [1.82, 2.24) is 0 Å². The van der Waals surface area contributed by atoms with E-state index >= 15 is 0 Å². The summed E-state index contributed by atoms with van der Waals surface area (Å²) in [6.45, 7) is 1.87. The fraction of sp³-hybridized carbons (Fsp3) is 0.538. The van der Waals surface area contributed by atoms with Crippen LogP contribution in [-0.2, 0) is 6.42 Å². The van der Waals surface area contributed by atoms with Crippen molar-refractivity contribution in [1.29, 1.82) is 0 Å². The lowest BCUT2D eigenvalue weighted by Gasteiger charge is -2.25. The maximum atomic E-state index is 10.0. The minimum Gasteiger partial charge on any atom is -0.393 e. The number of aliphatic hydroxyl groups is 2. The smallest absolute Gasteiger partial charge is 0.0880 e. The third kappa shape index (κ3) is 4.02. The summed E-state index contributed by atoms with van der Waals surface area (Å²) in [5.41, 5.74) is 0.311. The molecule has 2 N–H and O–H groups in total. The molecule has 0 heterocycles. The van der Waals surface area contributed by atoms with Crippen LogP contribution in [0.1, 0.15) is 31.7 Å². The van der Waals surface area contributed by atoms with Crippen molar-refractivity contribution < 1.29 is 10.2 Å². The molecule has 0 aromatic heterocycles. The molecule has 0 saturated carbocycles. The van der Waals surface area contributed by atoms with Gasteiger partial charge in [0.05, 0.1) is 12.2 Å². The van der Waals surface area contributed by atoms with E-state index in [1.54, 1.807) is 0 Å². The van der Waals surface area contributed by atoms with Crippen LogP contribution in [0.2, 0.25) is 0 Å². The summed E-state index contributed by atoms with van der Waals surface area (Å²) in [7, 11) is 0. The Morgan fingerprint density at radius 1 is 1.13 bits per heavy atom. The van der Waals surface area contributed by atoms with Crippen molar-refractivity contribution in [2.75, 3.05) is 6.61 Å². The Bertz CT molecular complexity index is 271. The summed E-state index contributed by atoms with van der Waals surface area (Å²) in [5, 5.41) is 19.2. The average Bonchev–Trinajstić information content (AvgIpc) is 2.28. The first-order chi connectivity index (χ1) is 7.20. The minimum atomic E-state index is -0.898. The van der Waals surface area contributed by atoms with Crippen molar-refractivity contribution in [2.24, 2.45) is 0 Å². The number of hydrogen-bond acceptors (Lipinski definition) is 2. The number of hydrogen-bond donors (Lipinski definition) is 2. The van der Waals surface area contributed by atoms with Gasteiger partial charge in [-0.1, -0.05) is 43.7 Å². The maximum Gasteiger partial charge on any atom is 0.0880 e. The molecule has 1 atom stereocenters. The monoisotopic (exact) mass is 208 g/mol. The second-order valence-corrected chi connectivity index (χ2v) is 4.12. The minimum absolute atomic E-state index is 0.145. The number of aryl methyl sites for hydroxylation is 1. The topological polar surface area (TPSA) is 40.5 Å². The zero-order valence-electron chi connectivity index (χ0n) is 9.32. The molecular weight excluding hydrogens is 188 g/mol. The van der Waals surface area contributed by atoms with E-state index in [0.29, 0.717) is 12.8 Å². The molecule has 0 fully saturated rings. The van der Waals surface area contributed by atoms with Crippen LogP contribution in [0, 0.1) is 0 Å². The van der Waals surface area contributed by atoms with Crippen molar-refractivity contribution >= 4 is 0 Å². The summed E-state index contributed by atoms with van der Waals surface area (Å²) in [6.07, 6.45) is 3.00. The van der Waals surface area contributed by atoms with Crippen LogP contribution >= 0.6 is 0 Å². The van der Waals surface area contributed by atoms with Crippen LogP contribution < -0.4 is 0 Å². The van der Waals surface area contributed by atoms with E-state index < -0.39 is 5.60 Å². The molecule has 0 amide bonds. The maximum absolute atomic E-state index is 10.0. The van der Waals surface area contributed by atoms with E-state index in [0.717, 1.165) is 12.8 Å². The highest BCUT2D eigenvalue weighted by Gasteiger charge is 2.24. The zero-order valence-corrected chi connectivity index (χ0v) is 9.32. The van der Waals surface area contributed by atoms with E-state index in [1.807, 2.05) is 37.3 Å². The highest BCUT2D eigenvalue weighted by molar-refractivity contribution is 5.15. The molecule has 1 aromatic carbocycles. The molecule has 0 spiro atoms.